The Morgan fingerprint density at radius 2 is 2.21 bits per heavy atom. The standard InChI is InChI=1S/C10H10FNO2/c11-10-6(8(12)5-13)1-2-9-7(10)3-4-14-9/h1-4,8,13H,5,12H2. The van der Waals surface area contributed by atoms with E-state index in [1.54, 1.807) is 6.07 Å². The van der Waals surface area contributed by atoms with E-state index in [1.807, 2.05) is 0 Å². The van der Waals surface area contributed by atoms with E-state index in [-0.39, 0.29) is 6.61 Å². The van der Waals surface area contributed by atoms with Crippen LogP contribution in [0.5, 0.6) is 0 Å². The molecule has 1 aromatic heterocycles. The van der Waals surface area contributed by atoms with Crippen LogP contribution in [0, 0.1) is 5.82 Å². The first-order valence-corrected chi connectivity index (χ1v) is 4.26. The van der Waals surface area contributed by atoms with Gasteiger partial charge in [-0.05, 0) is 12.1 Å². The van der Waals surface area contributed by atoms with E-state index in [2.05, 4.69) is 0 Å². The summed E-state index contributed by atoms with van der Waals surface area (Å²) in [6, 6.07) is 4.03. The highest BCUT2D eigenvalue weighted by molar-refractivity contribution is 5.78. The molecule has 3 N–H and O–H groups in total. The summed E-state index contributed by atoms with van der Waals surface area (Å²) in [6.45, 7) is -0.278. The van der Waals surface area contributed by atoms with Crippen LogP contribution in [-0.4, -0.2) is 11.7 Å². The van der Waals surface area contributed by atoms with E-state index < -0.39 is 11.9 Å². The number of hydrogen-bond acceptors (Lipinski definition) is 3. The quantitative estimate of drug-likeness (QED) is 0.764. The Kier molecular flexibility index (Phi) is 2.23. The summed E-state index contributed by atoms with van der Waals surface area (Å²) in [6.07, 6.45) is 1.42. The second-order valence-electron chi connectivity index (χ2n) is 3.09. The van der Waals surface area contributed by atoms with Gasteiger partial charge in [0.1, 0.15) is 11.4 Å². The third kappa shape index (κ3) is 1.29. The number of benzene rings is 1. The molecule has 1 heterocycles. The average molecular weight is 195 g/mol. The van der Waals surface area contributed by atoms with Gasteiger partial charge in [-0.25, -0.2) is 4.39 Å². The monoisotopic (exact) mass is 195 g/mol. The SMILES string of the molecule is NC(CO)c1ccc2occc2c1F. The molecule has 0 bridgehead atoms. The van der Waals surface area contributed by atoms with Crippen molar-refractivity contribution >= 4 is 11.0 Å². The second kappa shape index (κ2) is 3.40. The highest BCUT2D eigenvalue weighted by atomic mass is 19.1. The largest absolute Gasteiger partial charge is 0.464 e. The topological polar surface area (TPSA) is 59.4 Å². The van der Waals surface area contributed by atoms with Crippen LogP contribution in [0.15, 0.2) is 28.9 Å². The molecule has 0 fully saturated rings. The zero-order chi connectivity index (χ0) is 10.1. The van der Waals surface area contributed by atoms with E-state index in [1.165, 1.54) is 18.4 Å². The highest BCUT2D eigenvalue weighted by Crippen LogP contribution is 2.24. The first-order valence-electron chi connectivity index (χ1n) is 4.26. The molecule has 0 aliphatic carbocycles. The van der Waals surface area contributed by atoms with Gasteiger partial charge in [0.15, 0.2) is 0 Å². The number of aliphatic hydroxyl groups is 1. The fraction of sp³-hybridized carbons (Fsp3) is 0.200. The number of hydrogen-bond donors (Lipinski definition) is 2. The van der Waals surface area contributed by atoms with Gasteiger partial charge in [-0.2, -0.15) is 0 Å². The van der Waals surface area contributed by atoms with E-state index in [0.717, 1.165) is 0 Å². The van der Waals surface area contributed by atoms with Gasteiger partial charge in [-0.1, -0.05) is 6.07 Å². The van der Waals surface area contributed by atoms with Crippen molar-refractivity contribution in [3.05, 3.63) is 35.8 Å². The fourth-order valence-electron chi connectivity index (χ4n) is 1.41. The molecule has 0 radical (unpaired) electrons. The van der Waals surface area contributed by atoms with Gasteiger partial charge in [-0.3, -0.25) is 0 Å². The Balaban J connectivity index is 2.61. The van der Waals surface area contributed by atoms with E-state index >= 15 is 0 Å². The van der Waals surface area contributed by atoms with E-state index in [4.69, 9.17) is 15.3 Å². The predicted molar refractivity (Wildman–Crippen MR) is 50.2 cm³/mol. The van der Waals surface area contributed by atoms with Crippen LogP contribution >= 0.6 is 0 Å². The normalized spacial score (nSPS) is 13.4. The number of furan rings is 1. The summed E-state index contributed by atoms with van der Waals surface area (Å²) in [5.74, 6) is -0.419. The predicted octanol–water partition coefficient (Wildman–Crippen LogP) is 1.56. The van der Waals surface area contributed by atoms with Crippen molar-refractivity contribution in [2.24, 2.45) is 5.73 Å². The number of halogens is 1. The van der Waals surface area contributed by atoms with Crippen LogP contribution in [0.1, 0.15) is 11.6 Å². The van der Waals surface area contributed by atoms with Crippen LogP contribution in [-0.2, 0) is 0 Å². The van der Waals surface area contributed by atoms with Crippen molar-refractivity contribution in [3.63, 3.8) is 0 Å². The number of rotatable bonds is 2. The molecule has 1 aromatic carbocycles. The molecule has 1 atom stereocenters. The number of fused-ring (bicyclic) bond motifs is 1. The average Bonchev–Trinajstić information content (AvgIpc) is 2.66. The maximum absolute atomic E-state index is 13.7. The Morgan fingerprint density at radius 3 is 2.93 bits per heavy atom. The fourth-order valence-corrected chi connectivity index (χ4v) is 1.41. The van der Waals surface area contributed by atoms with Crippen molar-refractivity contribution in [3.8, 4) is 0 Å². The molecule has 2 aromatic rings. The molecule has 74 valence electrons. The zero-order valence-electron chi connectivity index (χ0n) is 7.40. The van der Waals surface area contributed by atoms with E-state index in [9.17, 15) is 4.39 Å². The molecule has 0 saturated carbocycles. The molecular formula is C10H10FNO2. The lowest BCUT2D eigenvalue weighted by atomic mass is 10.1. The zero-order valence-corrected chi connectivity index (χ0v) is 7.40. The first-order chi connectivity index (χ1) is 6.74. The Morgan fingerprint density at radius 1 is 1.43 bits per heavy atom. The molecule has 0 saturated heterocycles. The molecule has 0 spiro atoms. The van der Waals surface area contributed by atoms with Crippen LogP contribution in [0.2, 0.25) is 0 Å². The molecule has 0 aliphatic heterocycles. The molecule has 1 unspecified atom stereocenters. The van der Waals surface area contributed by atoms with Gasteiger partial charge >= 0.3 is 0 Å². The maximum Gasteiger partial charge on any atom is 0.139 e. The van der Waals surface area contributed by atoms with Gasteiger partial charge in [-0.15, -0.1) is 0 Å². The molecular weight excluding hydrogens is 185 g/mol. The Hall–Kier alpha value is -1.39. The third-order valence-electron chi connectivity index (χ3n) is 2.20. The van der Waals surface area contributed by atoms with Crippen molar-refractivity contribution in [1.82, 2.24) is 0 Å². The van der Waals surface area contributed by atoms with Crippen molar-refractivity contribution in [1.29, 1.82) is 0 Å². The molecule has 4 heteroatoms. The smallest absolute Gasteiger partial charge is 0.139 e. The summed E-state index contributed by atoms with van der Waals surface area (Å²) < 4.78 is 18.7. The molecule has 0 aliphatic rings. The van der Waals surface area contributed by atoms with Crippen molar-refractivity contribution in [2.75, 3.05) is 6.61 Å². The minimum Gasteiger partial charge on any atom is -0.464 e. The first kappa shape index (κ1) is 9.18. The molecule has 14 heavy (non-hydrogen) atoms. The lowest BCUT2D eigenvalue weighted by Crippen LogP contribution is -2.15. The summed E-state index contributed by atoms with van der Waals surface area (Å²) in [4.78, 5) is 0. The Bertz CT molecular complexity index is 452. The molecule has 2 rings (SSSR count). The highest BCUT2D eigenvalue weighted by Gasteiger charge is 2.14. The minimum absolute atomic E-state index is 0.278. The number of aliphatic hydroxyl groups excluding tert-OH is 1. The van der Waals surface area contributed by atoms with Crippen LogP contribution in [0.3, 0.4) is 0 Å². The third-order valence-corrected chi connectivity index (χ3v) is 2.20. The minimum atomic E-state index is -0.686. The summed E-state index contributed by atoms with van der Waals surface area (Å²) in [7, 11) is 0. The van der Waals surface area contributed by atoms with Crippen molar-refractivity contribution in [2.45, 2.75) is 6.04 Å². The summed E-state index contributed by atoms with van der Waals surface area (Å²) in [5.41, 5.74) is 6.32. The van der Waals surface area contributed by atoms with Gasteiger partial charge in [0.05, 0.1) is 24.3 Å². The molecule has 0 amide bonds. The second-order valence-corrected chi connectivity index (χ2v) is 3.09. The number of nitrogens with two attached hydrogens (primary N) is 1. The lowest BCUT2D eigenvalue weighted by molar-refractivity contribution is 0.265. The molecule has 3 nitrogen and oxygen atoms in total. The van der Waals surface area contributed by atoms with Crippen LogP contribution < -0.4 is 5.73 Å². The van der Waals surface area contributed by atoms with Crippen LogP contribution in [0.4, 0.5) is 4.39 Å². The summed E-state index contributed by atoms with van der Waals surface area (Å²) in [5, 5.41) is 9.22. The van der Waals surface area contributed by atoms with Gasteiger partial charge in [0.2, 0.25) is 0 Å². The van der Waals surface area contributed by atoms with Gasteiger partial charge < -0.3 is 15.3 Å². The van der Waals surface area contributed by atoms with Gasteiger partial charge in [0, 0.05) is 5.56 Å². The Labute approximate surface area is 79.9 Å². The van der Waals surface area contributed by atoms with E-state index in [0.29, 0.717) is 16.5 Å². The summed E-state index contributed by atoms with van der Waals surface area (Å²) >= 11 is 0. The maximum atomic E-state index is 13.7. The van der Waals surface area contributed by atoms with Crippen molar-refractivity contribution < 1.29 is 13.9 Å². The van der Waals surface area contributed by atoms with Crippen LogP contribution in [0.25, 0.3) is 11.0 Å². The lowest BCUT2D eigenvalue weighted by Gasteiger charge is -2.09. The van der Waals surface area contributed by atoms with Gasteiger partial charge in [0.25, 0.3) is 0 Å².